The maximum Gasteiger partial charge on any atom is 0.226 e. The van der Waals surface area contributed by atoms with E-state index in [0.717, 1.165) is 11.5 Å². The van der Waals surface area contributed by atoms with Crippen LogP contribution in [0.25, 0.3) is 0 Å². The fraction of sp³-hybridized carbons (Fsp3) is 0.385. The molecule has 0 unspecified atom stereocenters. The van der Waals surface area contributed by atoms with E-state index in [1.54, 1.807) is 6.26 Å². The zero-order chi connectivity index (χ0) is 13.0. The van der Waals surface area contributed by atoms with Gasteiger partial charge in [0.1, 0.15) is 5.76 Å². The summed E-state index contributed by atoms with van der Waals surface area (Å²) in [5, 5.41) is 3.11. The topological polar surface area (TPSA) is 60.2 Å². The molecule has 0 saturated heterocycles. The van der Waals surface area contributed by atoms with E-state index >= 15 is 0 Å². The minimum atomic E-state index is 0.0947. The van der Waals surface area contributed by atoms with Crippen molar-refractivity contribution in [2.24, 2.45) is 0 Å². The lowest BCUT2D eigenvalue weighted by atomic mass is 10.4. The van der Waals surface area contributed by atoms with Crippen molar-refractivity contribution in [2.45, 2.75) is 33.4 Å². The van der Waals surface area contributed by atoms with Gasteiger partial charge in [-0.3, -0.25) is 0 Å². The van der Waals surface area contributed by atoms with Gasteiger partial charge in [0, 0.05) is 11.8 Å². The van der Waals surface area contributed by atoms with Crippen molar-refractivity contribution >= 4 is 5.95 Å². The van der Waals surface area contributed by atoms with Gasteiger partial charge in [-0.05, 0) is 32.9 Å². The number of nitrogens with one attached hydrogen (secondary N) is 1. The third kappa shape index (κ3) is 3.48. The molecule has 0 bridgehead atoms. The average Bonchev–Trinajstić information content (AvgIpc) is 2.77. The van der Waals surface area contributed by atoms with Crippen LogP contribution in [0.5, 0.6) is 5.88 Å². The van der Waals surface area contributed by atoms with E-state index in [-0.39, 0.29) is 6.10 Å². The van der Waals surface area contributed by atoms with Gasteiger partial charge in [-0.15, -0.1) is 0 Å². The van der Waals surface area contributed by atoms with Crippen molar-refractivity contribution < 1.29 is 9.15 Å². The van der Waals surface area contributed by atoms with Crippen LogP contribution in [-0.2, 0) is 6.54 Å². The molecule has 0 atom stereocenters. The molecule has 0 radical (unpaired) electrons. The first-order chi connectivity index (χ1) is 8.63. The summed E-state index contributed by atoms with van der Waals surface area (Å²) < 4.78 is 10.8. The summed E-state index contributed by atoms with van der Waals surface area (Å²) >= 11 is 0. The van der Waals surface area contributed by atoms with Crippen LogP contribution in [0.2, 0.25) is 0 Å². The summed E-state index contributed by atoms with van der Waals surface area (Å²) in [7, 11) is 0. The van der Waals surface area contributed by atoms with Crippen LogP contribution in [0.1, 0.15) is 25.3 Å². The highest BCUT2D eigenvalue weighted by atomic mass is 16.5. The fourth-order valence-corrected chi connectivity index (χ4v) is 1.50. The molecular formula is C13H17N3O2. The molecule has 0 aliphatic carbocycles. The molecule has 0 aromatic carbocycles. The lowest BCUT2D eigenvalue weighted by molar-refractivity contribution is 0.232. The molecule has 0 spiro atoms. The van der Waals surface area contributed by atoms with Crippen LogP contribution in [0.4, 0.5) is 5.95 Å². The van der Waals surface area contributed by atoms with Crippen molar-refractivity contribution in [1.82, 2.24) is 9.97 Å². The van der Waals surface area contributed by atoms with Gasteiger partial charge >= 0.3 is 0 Å². The molecule has 0 saturated carbocycles. The van der Waals surface area contributed by atoms with E-state index in [4.69, 9.17) is 9.15 Å². The monoisotopic (exact) mass is 247 g/mol. The van der Waals surface area contributed by atoms with Crippen LogP contribution < -0.4 is 10.1 Å². The molecule has 96 valence electrons. The number of aryl methyl sites for hydroxylation is 1. The molecule has 2 heterocycles. The average molecular weight is 247 g/mol. The zero-order valence-electron chi connectivity index (χ0n) is 10.8. The van der Waals surface area contributed by atoms with Gasteiger partial charge in [-0.2, -0.15) is 4.98 Å². The van der Waals surface area contributed by atoms with Crippen LogP contribution >= 0.6 is 0 Å². The summed E-state index contributed by atoms with van der Waals surface area (Å²) in [4.78, 5) is 8.58. The second kappa shape index (κ2) is 5.53. The van der Waals surface area contributed by atoms with Gasteiger partial charge in [0.15, 0.2) is 0 Å². The van der Waals surface area contributed by atoms with Crippen molar-refractivity contribution in [1.29, 1.82) is 0 Å². The lowest BCUT2D eigenvalue weighted by Gasteiger charge is -2.11. The smallest absolute Gasteiger partial charge is 0.226 e. The van der Waals surface area contributed by atoms with Gasteiger partial charge in [-0.1, -0.05) is 0 Å². The Bertz CT molecular complexity index is 495. The minimum absolute atomic E-state index is 0.0947. The van der Waals surface area contributed by atoms with E-state index in [9.17, 15) is 0 Å². The van der Waals surface area contributed by atoms with Gasteiger partial charge in [0.05, 0.1) is 18.9 Å². The Morgan fingerprint density at radius 2 is 2.22 bits per heavy atom. The Kier molecular flexibility index (Phi) is 3.82. The highest BCUT2D eigenvalue weighted by molar-refractivity contribution is 5.31. The number of hydrogen-bond acceptors (Lipinski definition) is 5. The molecular weight excluding hydrogens is 230 g/mol. The molecule has 2 aromatic rings. The van der Waals surface area contributed by atoms with E-state index in [0.29, 0.717) is 18.4 Å². The molecule has 0 aliphatic rings. The molecule has 0 amide bonds. The van der Waals surface area contributed by atoms with Crippen LogP contribution in [0.15, 0.2) is 28.9 Å². The van der Waals surface area contributed by atoms with Gasteiger partial charge in [-0.25, -0.2) is 4.98 Å². The summed E-state index contributed by atoms with van der Waals surface area (Å²) in [6.07, 6.45) is 1.73. The third-order valence-corrected chi connectivity index (χ3v) is 2.19. The maximum absolute atomic E-state index is 5.56. The summed E-state index contributed by atoms with van der Waals surface area (Å²) in [6.45, 7) is 6.39. The highest BCUT2D eigenvalue weighted by Gasteiger charge is 2.05. The number of nitrogens with zero attached hydrogens (tertiary/aromatic N) is 2. The van der Waals surface area contributed by atoms with Crippen molar-refractivity contribution in [3.05, 3.63) is 35.9 Å². The van der Waals surface area contributed by atoms with E-state index in [1.807, 2.05) is 39.0 Å². The van der Waals surface area contributed by atoms with Gasteiger partial charge in [0.2, 0.25) is 11.8 Å². The SMILES string of the molecule is Cc1cc(OC(C)C)nc(NCc2ccco2)n1. The molecule has 2 rings (SSSR count). The second-order valence-electron chi connectivity index (χ2n) is 4.27. The number of rotatable bonds is 5. The maximum atomic E-state index is 5.56. The summed E-state index contributed by atoms with van der Waals surface area (Å²) in [5.74, 6) is 1.97. The van der Waals surface area contributed by atoms with Crippen LogP contribution in [0.3, 0.4) is 0 Å². The summed E-state index contributed by atoms with van der Waals surface area (Å²) in [6, 6.07) is 5.56. The molecule has 2 aromatic heterocycles. The molecule has 1 N–H and O–H groups in total. The Balaban J connectivity index is 2.05. The third-order valence-electron chi connectivity index (χ3n) is 2.19. The molecule has 0 fully saturated rings. The largest absolute Gasteiger partial charge is 0.475 e. The van der Waals surface area contributed by atoms with Gasteiger partial charge < -0.3 is 14.5 Å². The fourth-order valence-electron chi connectivity index (χ4n) is 1.50. The first-order valence-electron chi connectivity index (χ1n) is 5.92. The Morgan fingerprint density at radius 1 is 1.39 bits per heavy atom. The number of furan rings is 1. The highest BCUT2D eigenvalue weighted by Crippen LogP contribution is 2.14. The Morgan fingerprint density at radius 3 is 2.89 bits per heavy atom. The number of ether oxygens (including phenoxy) is 1. The number of anilines is 1. The van der Waals surface area contributed by atoms with E-state index in [1.165, 1.54) is 0 Å². The quantitative estimate of drug-likeness (QED) is 0.880. The van der Waals surface area contributed by atoms with E-state index < -0.39 is 0 Å². The van der Waals surface area contributed by atoms with Crippen molar-refractivity contribution in [3.8, 4) is 5.88 Å². The minimum Gasteiger partial charge on any atom is -0.475 e. The number of hydrogen-bond donors (Lipinski definition) is 1. The lowest BCUT2D eigenvalue weighted by Crippen LogP contribution is -2.10. The van der Waals surface area contributed by atoms with E-state index in [2.05, 4.69) is 15.3 Å². The molecule has 18 heavy (non-hydrogen) atoms. The molecule has 5 nitrogen and oxygen atoms in total. The normalized spacial score (nSPS) is 10.7. The first-order valence-corrected chi connectivity index (χ1v) is 5.92. The second-order valence-corrected chi connectivity index (χ2v) is 4.27. The zero-order valence-corrected chi connectivity index (χ0v) is 10.8. The first kappa shape index (κ1) is 12.4. The summed E-state index contributed by atoms with van der Waals surface area (Å²) in [5.41, 5.74) is 0.864. The van der Waals surface area contributed by atoms with Crippen LogP contribution in [-0.4, -0.2) is 16.1 Å². The van der Waals surface area contributed by atoms with Crippen molar-refractivity contribution in [3.63, 3.8) is 0 Å². The van der Waals surface area contributed by atoms with Gasteiger partial charge in [0.25, 0.3) is 0 Å². The molecule has 5 heteroatoms. The Labute approximate surface area is 106 Å². The standard InChI is InChI=1S/C13H17N3O2/c1-9(2)18-12-7-10(3)15-13(16-12)14-8-11-5-4-6-17-11/h4-7,9H,8H2,1-3H3,(H,14,15,16). The Hall–Kier alpha value is -2.04. The number of aromatic nitrogens is 2. The van der Waals surface area contributed by atoms with Crippen LogP contribution in [0, 0.1) is 6.92 Å². The van der Waals surface area contributed by atoms with Crippen molar-refractivity contribution in [2.75, 3.05) is 5.32 Å². The predicted molar refractivity (Wildman–Crippen MR) is 68.6 cm³/mol. The molecule has 0 aliphatic heterocycles. The predicted octanol–water partition coefficient (Wildman–Crippen LogP) is 2.78.